The molecule has 1 rings (SSSR count). The lowest BCUT2D eigenvalue weighted by Gasteiger charge is -2.31. The van der Waals surface area contributed by atoms with Gasteiger partial charge in [0.25, 0.3) is 0 Å². The van der Waals surface area contributed by atoms with Crippen molar-refractivity contribution in [2.45, 2.75) is 39.0 Å². The third kappa shape index (κ3) is 2.46. The Hall–Kier alpha value is -1.26. The van der Waals surface area contributed by atoms with E-state index in [0.717, 1.165) is 32.1 Å². The van der Waals surface area contributed by atoms with E-state index in [0.29, 0.717) is 0 Å². The van der Waals surface area contributed by atoms with Crippen LogP contribution in [-0.2, 0) is 4.79 Å². The van der Waals surface area contributed by atoms with E-state index in [1.54, 1.807) is 11.9 Å². The number of carbonyl (C=O) groups excluding carboxylic acids is 1. The lowest BCUT2D eigenvalue weighted by atomic mass is 9.82. The van der Waals surface area contributed by atoms with Gasteiger partial charge in [-0.25, -0.2) is 0 Å². The van der Waals surface area contributed by atoms with Crippen molar-refractivity contribution in [1.82, 2.24) is 4.90 Å². The van der Waals surface area contributed by atoms with Gasteiger partial charge in [-0.3, -0.25) is 4.79 Å². The molecule has 0 bridgehead atoms. The van der Waals surface area contributed by atoms with Crippen molar-refractivity contribution in [2.24, 2.45) is 16.3 Å². The Kier molecular flexibility index (Phi) is 4.15. The van der Waals surface area contributed by atoms with Gasteiger partial charge in [-0.15, -0.1) is 0 Å². The first kappa shape index (κ1) is 12.8. The molecule has 0 radical (unpaired) electrons. The Bertz CT molecular complexity index is 283. The molecular formula is C11H21N3O2. The van der Waals surface area contributed by atoms with E-state index < -0.39 is 0 Å². The van der Waals surface area contributed by atoms with Gasteiger partial charge in [-0.05, 0) is 19.3 Å². The Labute approximate surface area is 96.3 Å². The molecule has 5 nitrogen and oxygen atoms in total. The molecule has 92 valence electrons. The van der Waals surface area contributed by atoms with Crippen molar-refractivity contribution in [1.29, 1.82) is 0 Å². The maximum Gasteiger partial charge on any atom is 0.228 e. The summed E-state index contributed by atoms with van der Waals surface area (Å²) in [6.45, 7) is 2.25. The van der Waals surface area contributed by atoms with Crippen LogP contribution < -0.4 is 5.73 Å². The number of likely N-dealkylation sites (N-methyl/N-ethyl adjacent to an activating group) is 1. The first-order chi connectivity index (χ1) is 7.55. The zero-order valence-corrected chi connectivity index (χ0v) is 10.1. The van der Waals surface area contributed by atoms with E-state index in [-0.39, 0.29) is 23.7 Å². The summed E-state index contributed by atoms with van der Waals surface area (Å²) in [5, 5.41) is 11.4. The summed E-state index contributed by atoms with van der Waals surface area (Å²) in [4.78, 5) is 13.8. The second-order valence-electron chi connectivity index (χ2n) is 4.59. The maximum absolute atomic E-state index is 12.3. The number of nitrogens with zero attached hydrogens (tertiary/aromatic N) is 2. The predicted molar refractivity (Wildman–Crippen MR) is 62.2 cm³/mol. The fourth-order valence-electron chi connectivity index (χ4n) is 2.52. The number of carbonyl (C=O) groups is 1. The van der Waals surface area contributed by atoms with Gasteiger partial charge in [-0.2, -0.15) is 0 Å². The van der Waals surface area contributed by atoms with Crippen molar-refractivity contribution in [3.05, 3.63) is 0 Å². The first-order valence-corrected chi connectivity index (χ1v) is 5.77. The highest BCUT2D eigenvalue weighted by atomic mass is 16.4. The molecule has 16 heavy (non-hydrogen) atoms. The molecule has 0 aromatic carbocycles. The van der Waals surface area contributed by atoms with Gasteiger partial charge in [0.2, 0.25) is 5.91 Å². The van der Waals surface area contributed by atoms with Gasteiger partial charge in [0.1, 0.15) is 0 Å². The van der Waals surface area contributed by atoms with Crippen molar-refractivity contribution in [3.63, 3.8) is 0 Å². The van der Waals surface area contributed by atoms with Gasteiger partial charge >= 0.3 is 0 Å². The molecule has 0 atom stereocenters. The molecule has 3 N–H and O–H groups in total. The van der Waals surface area contributed by atoms with Crippen LogP contribution in [0.2, 0.25) is 0 Å². The topological polar surface area (TPSA) is 78.9 Å². The summed E-state index contributed by atoms with van der Waals surface area (Å²) >= 11 is 0. The predicted octanol–water partition coefficient (Wildman–Crippen LogP) is 1.16. The highest BCUT2D eigenvalue weighted by Gasteiger charge is 2.40. The number of amidine groups is 1. The highest BCUT2D eigenvalue weighted by Crippen LogP contribution is 2.42. The van der Waals surface area contributed by atoms with Gasteiger partial charge < -0.3 is 15.8 Å². The molecule has 0 heterocycles. The summed E-state index contributed by atoms with van der Waals surface area (Å²) in [5.74, 6) is 0.194. The number of hydrogen-bond acceptors (Lipinski definition) is 3. The standard InChI is InChI=1S/C11H21N3O2/c1-3-11(6-4-5-7-11)10(15)14(2)8-9(12)13-16/h16H,3-8H2,1-2H3,(H2,12,13). The van der Waals surface area contributed by atoms with E-state index in [1.165, 1.54) is 0 Å². The fraction of sp³-hybridized carbons (Fsp3) is 0.818. The molecule has 1 aliphatic rings. The minimum absolute atomic E-state index is 0.0695. The van der Waals surface area contributed by atoms with Crippen molar-refractivity contribution < 1.29 is 10.0 Å². The van der Waals surface area contributed by atoms with Crippen LogP contribution in [0.1, 0.15) is 39.0 Å². The second kappa shape index (κ2) is 5.18. The van der Waals surface area contributed by atoms with Crippen LogP contribution in [-0.4, -0.2) is 35.4 Å². The van der Waals surface area contributed by atoms with Crippen LogP contribution in [0.3, 0.4) is 0 Å². The van der Waals surface area contributed by atoms with Crippen LogP contribution in [0.4, 0.5) is 0 Å². The molecule has 5 heteroatoms. The van der Waals surface area contributed by atoms with Gasteiger partial charge in [0.15, 0.2) is 5.84 Å². The third-order valence-electron chi connectivity index (χ3n) is 3.57. The zero-order valence-electron chi connectivity index (χ0n) is 10.1. The average molecular weight is 227 g/mol. The molecule has 0 aliphatic heterocycles. The summed E-state index contributed by atoms with van der Waals surface area (Å²) < 4.78 is 0. The van der Waals surface area contributed by atoms with Crippen molar-refractivity contribution in [3.8, 4) is 0 Å². The molecule has 0 aromatic rings. The quantitative estimate of drug-likeness (QED) is 0.327. The van der Waals surface area contributed by atoms with E-state index in [1.807, 2.05) is 0 Å². The van der Waals surface area contributed by atoms with Gasteiger partial charge in [0, 0.05) is 12.5 Å². The number of nitrogens with two attached hydrogens (primary N) is 1. The Morgan fingerprint density at radius 1 is 1.50 bits per heavy atom. The second-order valence-corrected chi connectivity index (χ2v) is 4.59. The van der Waals surface area contributed by atoms with Crippen LogP contribution in [0, 0.1) is 5.41 Å². The van der Waals surface area contributed by atoms with Crippen LogP contribution >= 0.6 is 0 Å². The largest absolute Gasteiger partial charge is 0.409 e. The van der Waals surface area contributed by atoms with Crippen LogP contribution in [0.5, 0.6) is 0 Å². The smallest absolute Gasteiger partial charge is 0.228 e. The lowest BCUT2D eigenvalue weighted by molar-refractivity contribution is -0.140. The monoisotopic (exact) mass is 227 g/mol. The summed E-state index contributed by atoms with van der Waals surface area (Å²) in [6, 6.07) is 0. The van der Waals surface area contributed by atoms with Crippen molar-refractivity contribution >= 4 is 11.7 Å². The summed E-state index contributed by atoms with van der Waals surface area (Å²) in [7, 11) is 1.70. The minimum Gasteiger partial charge on any atom is -0.409 e. The number of oxime groups is 1. The van der Waals surface area contributed by atoms with Gasteiger partial charge in [-0.1, -0.05) is 24.9 Å². The molecule has 1 aliphatic carbocycles. The molecule has 1 fully saturated rings. The summed E-state index contributed by atoms with van der Waals surface area (Å²) in [5.41, 5.74) is 5.20. The molecule has 0 spiro atoms. The number of amides is 1. The summed E-state index contributed by atoms with van der Waals surface area (Å²) in [6.07, 6.45) is 5.03. The highest BCUT2D eigenvalue weighted by molar-refractivity contribution is 5.89. The maximum atomic E-state index is 12.3. The van der Waals surface area contributed by atoms with E-state index in [4.69, 9.17) is 10.9 Å². The molecule has 1 saturated carbocycles. The molecule has 0 aromatic heterocycles. The lowest BCUT2D eigenvalue weighted by Crippen LogP contribution is -2.43. The van der Waals surface area contributed by atoms with Crippen LogP contribution in [0.15, 0.2) is 5.16 Å². The normalized spacial score (nSPS) is 19.8. The fourth-order valence-corrected chi connectivity index (χ4v) is 2.52. The Balaban J connectivity index is 2.68. The minimum atomic E-state index is -0.204. The number of rotatable bonds is 4. The SMILES string of the molecule is CCC1(C(=O)N(C)CC(N)=NO)CCCC1. The van der Waals surface area contributed by atoms with Crippen LogP contribution in [0.25, 0.3) is 0 Å². The Morgan fingerprint density at radius 3 is 2.50 bits per heavy atom. The van der Waals surface area contributed by atoms with E-state index in [2.05, 4.69) is 12.1 Å². The average Bonchev–Trinajstić information content (AvgIpc) is 2.77. The third-order valence-corrected chi connectivity index (χ3v) is 3.57. The molecule has 0 saturated heterocycles. The van der Waals surface area contributed by atoms with Gasteiger partial charge in [0.05, 0.1) is 6.54 Å². The Morgan fingerprint density at radius 2 is 2.06 bits per heavy atom. The molecule has 1 amide bonds. The first-order valence-electron chi connectivity index (χ1n) is 5.77. The molecule has 0 unspecified atom stereocenters. The zero-order chi connectivity index (χ0) is 12.2. The van der Waals surface area contributed by atoms with E-state index >= 15 is 0 Å². The number of hydrogen-bond donors (Lipinski definition) is 2. The van der Waals surface area contributed by atoms with Crippen molar-refractivity contribution in [2.75, 3.05) is 13.6 Å². The molecular weight excluding hydrogens is 206 g/mol. The van der Waals surface area contributed by atoms with E-state index in [9.17, 15) is 4.79 Å².